The van der Waals surface area contributed by atoms with E-state index in [1.165, 1.54) is 4.90 Å². The maximum absolute atomic E-state index is 13.8. The summed E-state index contributed by atoms with van der Waals surface area (Å²) in [6.07, 6.45) is 0. The monoisotopic (exact) mass is 342 g/mol. The number of likely N-dealkylation sites (N-methyl/N-ethyl adjacent to an activating group) is 1. The van der Waals surface area contributed by atoms with Crippen molar-refractivity contribution in [3.63, 3.8) is 0 Å². The normalized spacial score (nSPS) is 20.8. The van der Waals surface area contributed by atoms with Crippen molar-refractivity contribution in [1.29, 1.82) is 0 Å². The van der Waals surface area contributed by atoms with Gasteiger partial charge < -0.3 is 19.6 Å². The molecule has 24 heavy (non-hydrogen) atoms. The Morgan fingerprint density at radius 1 is 1.38 bits per heavy atom. The number of carbonyl (C=O) groups is 1. The van der Waals surface area contributed by atoms with Gasteiger partial charge in [0.1, 0.15) is 11.6 Å². The van der Waals surface area contributed by atoms with Crippen LogP contribution in [-0.2, 0) is 4.74 Å². The first-order valence-corrected chi connectivity index (χ1v) is 7.99. The number of hydrogen-bond acceptors (Lipinski definition) is 4. The van der Waals surface area contributed by atoms with Crippen LogP contribution < -0.4 is 0 Å². The molecule has 1 aromatic rings. The van der Waals surface area contributed by atoms with Gasteiger partial charge in [0.05, 0.1) is 12.2 Å². The van der Waals surface area contributed by atoms with E-state index in [0.29, 0.717) is 26.2 Å². The summed E-state index contributed by atoms with van der Waals surface area (Å²) in [4.78, 5) is 16.1. The van der Waals surface area contributed by atoms with Crippen molar-refractivity contribution >= 4 is 5.91 Å². The summed E-state index contributed by atoms with van der Waals surface area (Å²) in [6, 6.07) is 2.86. The summed E-state index contributed by atoms with van der Waals surface area (Å²) in [5.74, 6) is -1.91. The van der Waals surface area contributed by atoms with Gasteiger partial charge in [0, 0.05) is 45.8 Å². The molecule has 1 N–H and O–H groups in total. The highest BCUT2D eigenvalue weighted by Gasteiger charge is 2.36. The molecule has 0 radical (unpaired) electrons. The summed E-state index contributed by atoms with van der Waals surface area (Å²) in [6.45, 7) is 2.76. The number of amides is 1. The van der Waals surface area contributed by atoms with Gasteiger partial charge >= 0.3 is 0 Å². The first-order chi connectivity index (χ1) is 11.5. The number of methoxy groups -OCH3 is 1. The van der Waals surface area contributed by atoms with E-state index in [0.717, 1.165) is 24.7 Å². The molecule has 0 saturated carbocycles. The van der Waals surface area contributed by atoms with Gasteiger partial charge in [0.15, 0.2) is 0 Å². The molecule has 1 amide bonds. The molecule has 5 nitrogen and oxygen atoms in total. The van der Waals surface area contributed by atoms with Gasteiger partial charge in [-0.3, -0.25) is 4.79 Å². The fraction of sp³-hybridized carbons (Fsp3) is 0.588. The Labute approximate surface area is 140 Å². The van der Waals surface area contributed by atoms with Crippen molar-refractivity contribution in [1.82, 2.24) is 9.80 Å². The van der Waals surface area contributed by atoms with Gasteiger partial charge in [-0.1, -0.05) is 0 Å². The van der Waals surface area contributed by atoms with Crippen molar-refractivity contribution in [2.45, 2.75) is 0 Å². The predicted molar refractivity (Wildman–Crippen MR) is 85.7 cm³/mol. The molecule has 0 aliphatic carbocycles. The van der Waals surface area contributed by atoms with Crippen molar-refractivity contribution in [3.05, 3.63) is 35.4 Å². The van der Waals surface area contributed by atoms with Gasteiger partial charge in [-0.05, 0) is 31.2 Å². The fourth-order valence-corrected chi connectivity index (χ4v) is 3.09. The Bertz CT molecular complexity index is 571. The second-order valence-corrected chi connectivity index (χ2v) is 6.29. The fourth-order valence-electron chi connectivity index (χ4n) is 3.09. The molecule has 7 heteroatoms. The maximum atomic E-state index is 13.8. The van der Waals surface area contributed by atoms with E-state index < -0.39 is 17.5 Å². The van der Waals surface area contributed by atoms with Crippen molar-refractivity contribution in [2.24, 2.45) is 11.8 Å². The molecule has 1 aliphatic heterocycles. The zero-order chi connectivity index (χ0) is 17.7. The van der Waals surface area contributed by atoms with Crippen LogP contribution in [0.1, 0.15) is 10.4 Å². The number of halogens is 2. The van der Waals surface area contributed by atoms with Gasteiger partial charge in [0.25, 0.3) is 5.91 Å². The van der Waals surface area contributed by atoms with Crippen LogP contribution in [0.4, 0.5) is 8.78 Å². The van der Waals surface area contributed by atoms with Crippen LogP contribution in [0, 0.1) is 23.5 Å². The van der Waals surface area contributed by atoms with Crippen LogP contribution >= 0.6 is 0 Å². The average Bonchev–Trinajstić information content (AvgIpc) is 2.97. The topological polar surface area (TPSA) is 53.0 Å². The highest BCUT2D eigenvalue weighted by atomic mass is 19.1. The lowest BCUT2D eigenvalue weighted by Gasteiger charge is -2.23. The minimum atomic E-state index is -0.734. The van der Waals surface area contributed by atoms with Crippen LogP contribution in [0.2, 0.25) is 0 Å². The van der Waals surface area contributed by atoms with Crippen LogP contribution in [0.3, 0.4) is 0 Å². The molecule has 0 bridgehead atoms. The molecule has 0 spiro atoms. The van der Waals surface area contributed by atoms with Crippen LogP contribution in [-0.4, -0.2) is 74.4 Å². The third-order valence-corrected chi connectivity index (χ3v) is 4.48. The summed E-state index contributed by atoms with van der Waals surface area (Å²) in [7, 11) is 3.58. The second kappa shape index (κ2) is 8.50. The quantitative estimate of drug-likeness (QED) is 0.810. The summed E-state index contributed by atoms with van der Waals surface area (Å²) in [5, 5.41) is 9.58. The van der Waals surface area contributed by atoms with Crippen molar-refractivity contribution in [2.75, 3.05) is 53.6 Å². The Hall–Kier alpha value is -1.57. The Morgan fingerprint density at radius 2 is 2.08 bits per heavy atom. The van der Waals surface area contributed by atoms with Gasteiger partial charge in [-0.15, -0.1) is 0 Å². The van der Waals surface area contributed by atoms with E-state index in [-0.39, 0.29) is 24.0 Å². The largest absolute Gasteiger partial charge is 0.396 e. The zero-order valence-electron chi connectivity index (χ0n) is 14.0. The Morgan fingerprint density at radius 3 is 2.75 bits per heavy atom. The number of carbonyl (C=O) groups excluding carboxylic acids is 1. The second-order valence-electron chi connectivity index (χ2n) is 6.29. The highest BCUT2D eigenvalue weighted by Crippen LogP contribution is 2.26. The third kappa shape index (κ3) is 4.49. The average molecular weight is 342 g/mol. The molecule has 1 fully saturated rings. The van der Waals surface area contributed by atoms with Crippen LogP contribution in [0.25, 0.3) is 0 Å². The third-order valence-electron chi connectivity index (χ3n) is 4.48. The highest BCUT2D eigenvalue weighted by molar-refractivity contribution is 5.94. The Balaban J connectivity index is 2.04. The molecule has 2 atom stereocenters. The number of ether oxygens (including phenoxy) is 1. The van der Waals surface area contributed by atoms with E-state index in [4.69, 9.17) is 4.74 Å². The molecule has 0 unspecified atom stereocenters. The molecule has 2 rings (SSSR count). The standard InChI is InChI=1S/C17H24F2N2O3/c1-20(5-6-24-2)8-12-9-21(10-13(12)11-22)17(23)15-7-14(18)3-4-16(15)19/h3-4,7,12-13,22H,5-6,8-11H2,1-2H3/t12-,13-/m1/s1. The molecule has 1 heterocycles. The van der Waals surface area contributed by atoms with E-state index in [9.17, 15) is 18.7 Å². The molecule has 134 valence electrons. The minimum absolute atomic E-state index is 0.0435. The van der Waals surface area contributed by atoms with Crippen molar-refractivity contribution in [3.8, 4) is 0 Å². The number of aliphatic hydroxyl groups excluding tert-OH is 1. The molecular weight excluding hydrogens is 318 g/mol. The first-order valence-electron chi connectivity index (χ1n) is 7.99. The molecular formula is C17H24F2N2O3. The lowest BCUT2D eigenvalue weighted by molar-refractivity contribution is 0.0773. The number of aliphatic hydroxyl groups is 1. The van der Waals surface area contributed by atoms with Gasteiger partial charge in [-0.2, -0.15) is 0 Å². The summed E-state index contributed by atoms with van der Waals surface area (Å²) >= 11 is 0. The number of likely N-dealkylation sites (tertiary alicyclic amines) is 1. The lowest BCUT2D eigenvalue weighted by Crippen LogP contribution is -2.34. The predicted octanol–water partition coefficient (Wildman–Crippen LogP) is 1.22. The number of hydrogen-bond donors (Lipinski definition) is 1. The summed E-state index contributed by atoms with van der Waals surface area (Å²) < 4.78 is 32.2. The van der Waals surface area contributed by atoms with Crippen molar-refractivity contribution < 1.29 is 23.4 Å². The van der Waals surface area contributed by atoms with Gasteiger partial charge in [0.2, 0.25) is 0 Å². The lowest BCUT2D eigenvalue weighted by atomic mass is 9.96. The number of nitrogens with zero attached hydrogens (tertiary/aromatic N) is 2. The zero-order valence-corrected chi connectivity index (χ0v) is 14.0. The van der Waals surface area contributed by atoms with E-state index in [1.54, 1.807) is 7.11 Å². The number of rotatable bonds is 7. The van der Waals surface area contributed by atoms with E-state index >= 15 is 0 Å². The first kappa shape index (κ1) is 18.8. The molecule has 1 saturated heterocycles. The van der Waals surface area contributed by atoms with E-state index in [1.807, 2.05) is 7.05 Å². The van der Waals surface area contributed by atoms with Gasteiger partial charge in [-0.25, -0.2) is 8.78 Å². The molecule has 1 aliphatic rings. The van der Waals surface area contributed by atoms with Crippen LogP contribution in [0.5, 0.6) is 0 Å². The SMILES string of the molecule is COCCN(C)C[C@@H]1CN(C(=O)c2cc(F)ccc2F)C[C@@H]1CO. The summed E-state index contributed by atoms with van der Waals surface area (Å²) in [5.41, 5.74) is -0.264. The van der Waals surface area contributed by atoms with Crippen LogP contribution in [0.15, 0.2) is 18.2 Å². The minimum Gasteiger partial charge on any atom is -0.396 e. The molecule has 0 aromatic heterocycles. The Kier molecular flexibility index (Phi) is 6.65. The maximum Gasteiger partial charge on any atom is 0.256 e. The number of benzene rings is 1. The smallest absolute Gasteiger partial charge is 0.256 e. The van der Waals surface area contributed by atoms with E-state index in [2.05, 4.69) is 4.90 Å². The molecule has 1 aromatic carbocycles.